The first-order chi connectivity index (χ1) is 15.2. The number of aromatic nitrogens is 6. The summed E-state index contributed by atoms with van der Waals surface area (Å²) < 4.78 is 1.74. The number of rotatable bonds is 4. The SMILES string of the molecule is N#Cc1ccccc1-c1nc(N)c2cc(Cc3ccccn3)nn2c1-c1ccncn1. The molecule has 0 amide bonds. The highest BCUT2D eigenvalue weighted by atomic mass is 15.3. The molecule has 1 aromatic carbocycles. The average molecular weight is 404 g/mol. The second kappa shape index (κ2) is 7.65. The van der Waals surface area contributed by atoms with E-state index in [-0.39, 0.29) is 0 Å². The van der Waals surface area contributed by atoms with E-state index in [4.69, 9.17) is 10.8 Å². The molecule has 8 nitrogen and oxygen atoms in total. The van der Waals surface area contributed by atoms with Gasteiger partial charge in [0.25, 0.3) is 0 Å². The predicted molar refractivity (Wildman–Crippen MR) is 116 cm³/mol. The Labute approximate surface area is 177 Å². The van der Waals surface area contributed by atoms with Crippen molar-refractivity contribution in [2.24, 2.45) is 0 Å². The van der Waals surface area contributed by atoms with Crippen LogP contribution in [0.4, 0.5) is 5.82 Å². The monoisotopic (exact) mass is 404 g/mol. The number of hydrogen-bond donors (Lipinski definition) is 1. The fraction of sp³-hybridized carbons (Fsp3) is 0.0435. The summed E-state index contributed by atoms with van der Waals surface area (Å²) in [5.41, 5.74) is 11.7. The molecule has 0 aliphatic heterocycles. The minimum Gasteiger partial charge on any atom is -0.382 e. The molecule has 31 heavy (non-hydrogen) atoms. The third-order valence-corrected chi connectivity index (χ3v) is 4.91. The quantitative estimate of drug-likeness (QED) is 0.488. The number of nitrogen functional groups attached to an aromatic ring is 1. The predicted octanol–water partition coefficient (Wildman–Crippen LogP) is 3.29. The van der Waals surface area contributed by atoms with Crippen LogP contribution in [0.2, 0.25) is 0 Å². The maximum atomic E-state index is 9.63. The van der Waals surface area contributed by atoms with Gasteiger partial charge >= 0.3 is 0 Å². The fourth-order valence-electron chi connectivity index (χ4n) is 3.52. The maximum Gasteiger partial charge on any atom is 0.150 e. The Morgan fingerprint density at radius 1 is 0.968 bits per heavy atom. The molecule has 5 aromatic rings. The summed E-state index contributed by atoms with van der Waals surface area (Å²) in [5.74, 6) is 0.320. The van der Waals surface area contributed by atoms with Crippen molar-refractivity contribution in [1.82, 2.24) is 29.5 Å². The highest BCUT2D eigenvalue weighted by molar-refractivity contribution is 5.84. The van der Waals surface area contributed by atoms with Gasteiger partial charge in [0.15, 0.2) is 0 Å². The van der Waals surface area contributed by atoms with Crippen LogP contribution in [-0.2, 0) is 6.42 Å². The van der Waals surface area contributed by atoms with Crippen LogP contribution in [0.15, 0.2) is 73.3 Å². The van der Waals surface area contributed by atoms with Crippen molar-refractivity contribution in [3.63, 3.8) is 0 Å². The molecule has 0 saturated carbocycles. The Kier molecular flexibility index (Phi) is 4.54. The molecule has 0 fully saturated rings. The van der Waals surface area contributed by atoms with E-state index in [2.05, 4.69) is 26.0 Å². The largest absolute Gasteiger partial charge is 0.382 e. The van der Waals surface area contributed by atoms with Crippen LogP contribution in [0.1, 0.15) is 17.0 Å². The molecule has 0 atom stereocenters. The Balaban J connectivity index is 1.79. The number of nitriles is 1. The van der Waals surface area contributed by atoms with Gasteiger partial charge in [-0.25, -0.2) is 19.5 Å². The van der Waals surface area contributed by atoms with E-state index in [0.717, 1.165) is 11.4 Å². The number of nitrogens with zero attached hydrogens (tertiary/aromatic N) is 7. The summed E-state index contributed by atoms with van der Waals surface area (Å²) in [4.78, 5) is 17.5. The second-order valence-corrected chi connectivity index (χ2v) is 6.88. The minimum absolute atomic E-state index is 0.320. The molecular formula is C23H16N8. The van der Waals surface area contributed by atoms with E-state index in [0.29, 0.717) is 46.0 Å². The third-order valence-electron chi connectivity index (χ3n) is 4.91. The van der Waals surface area contributed by atoms with Crippen molar-refractivity contribution in [3.8, 4) is 28.7 Å². The summed E-state index contributed by atoms with van der Waals surface area (Å²) in [6.07, 6.45) is 5.43. The smallest absolute Gasteiger partial charge is 0.150 e. The Morgan fingerprint density at radius 3 is 2.61 bits per heavy atom. The molecule has 8 heteroatoms. The molecule has 4 heterocycles. The number of fused-ring (bicyclic) bond motifs is 1. The van der Waals surface area contributed by atoms with Gasteiger partial charge in [0.05, 0.1) is 23.0 Å². The Bertz CT molecular complexity index is 1420. The van der Waals surface area contributed by atoms with Gasteiger partial charge < -0.3 is 5.73 Å². The van der Waals surface area contributed by atoms with Crippen LogP contribution in [0, 0.1) is 11.3 Å². The van der Waals surface area contributed by atoms with Crippen LogP contribution in [0.5, 0.6) is 0 Å². The lowest BCUT2D eigenvalue weighted by atomic mass is 10.0. The van der Waals surface area contributed by atoms with Crippen LogP contribution in [0.25, 0.3) is 28.2 Å². The molecule has 0 radical (unpaired) electrons. The average Bonchev–Trinajstić information content (AvgIpc) is 3.24. The highest BCUT2D eigenvalue weighted by Gasteiger charge is 2.21. The molecule has 0 aliphatic carbocycles. The molecule has 148 valence electrons. The van der Waals surface area contributed by atoms with Crippen LogP contribution in [0.3, 0.4) is 0 Å². The zero-order valence-corrected chi connectivity index (χ0v) is 16.3. The third kappa shape index (κ3) is 3.34. The molecule has 0 aliphatic rings. The summed E-state index contributed by atoms with van der Waals surface area (Å²) in [6, 6.07) is 18.9. The van der Waals surface area contributed by atoms with Crippen molar-refractivity contribution in [2.45, 2.75) is 6.42 Å². The van der Waals surface area contributed by atoms with Gasteiger partial charge in [0.1, 0.15) is 29.0 Å². The number of anilines is 1. The molecule has 0 bridgehead atoms. The fourth-order valence-corrected chi connectivity index (χ4v) is 3.52. The molecule has 0 unspecified atom stereocenters. The van der Waals surface area contributed by atoms with E-state index < -0.39 is 0 Å². The van der Waals surface area contributed by atoms with Gasteiger partial charge in [-0.2, -0.15) is 10.4 Å². The van der Waals surface area contributed by atoms with Gasteiger partial charge in [-0.3, -0.25) is 4.98 Å². The van der Waals surface area contributed by atoms with E-state index in [1.807, 2.05) is 42.5 Å². The van der Waals surface area contributed by atoms with Crippen molar-refractivity contribution in [3.05, 3.63) is 90.3 Å². The zero-order valence-electron chi connectivity index (χ0n) is 16.3. The Morgan fingerprint density at radius 2 is 1.84 bits per heavy atom. The van der Waals surface area contributed by atoms with Gasteiger partial charge in [-0.1, -0.05) is 24.3 Å². The lowest BCUT2D eigenvalue weighted by Crippen LogP contribution is -2.06. The first-order valence-corrected chi connectivity index (χ1v) is 9.58. The molecule has 5 rings (SSSR count). The number of nitrogens with two attached hydrogens (primary N) is 1. The topological polar surface area (TPSA) is 119 Å². The molecular weight excluding hydrogens is 388 g/mol. The zero-order chi connectivity index (χ0) is 21.2. The van der Waals surface area contributed by atoms with E-state index >= 15 is 0 Å². The lowest BCUT2D eigenvalue weighted by Gasteiger charge is -2.13. The number of benzene rings is 1. The first kappa shape index (κ1) is 18.4. The van der Waals surface area contributed by atoms with Crippen molar-refractivity contribution >= 4 is 11.3 Å². The summed E-state index contributed by atoms with van der Waals surface area (Å²) in [5, 5.41) is 14.4. The van der Waals surface area contributed by atoms with Crippen LogP contribution < -0.4 is 5.73 Å². The summed E-state index contributed by atoms with van der Waals surface area (Å²) >= 11 is 0. The molecule has 0 saturated heterocycles. The van der Waals surface area contributed by atoms with E-state index in [1.165, 1.54) is 6.33 Å². The molecule has 0 spiro atoms. The lowest BCUT2D eigenvalue weighted by molar-refractivity contribution is 0.895. The first-order valence-electron chi connectivity index (χ1n) is 9.58. The normalized spacial score (nSPS) is 10.8. The summed E-state index contributed by atoms with van der Waals surface area (Å²) in [6.45, 7) is 0. The van der Waals surface area contributed by atoms with Crippen LogP contribution in [-0.4, -0.2) is 29.5 Å². The van der Waals surface area contributed by atoms with Gasteiger partial charge in [0, 0.05) is 30.1 Å². The number of pyridine rings is 1. The van der Waals surface area contributed by atoms with Crippen molar-refractivity contribution < 1.29 is 0 Å². The van der Waals surface area contributed by atoms with Gasteiger partial charge in [-0.15, -0.1) is 0 Å². The minimum atomic E-state index is 0.320. The van der Waals surface area contributed by atoms with Crippen molar-refractivity contribution in [2.75, 3.05) is 5.73 Å². The standard InChI is InChI=1S/C23H16N8/c24-13-15-5-1-2-7-18(15)21-22(19-8-10-26-14-28-19)31-20(23(25)29-21)12-17(30-31)11-16-6-3-4-9-27-16/h1-10,12,14H,11H2,(H2,25,29). The van der Waals surface area contributed by atoms with E-state index in [1.54, 1.807) is 29.0 Å². The molecule has 4 aromatic heterocycles. The Hall–Kier alpha value is -4.64. The second-order valence-electron chi connectivity index (χ2n) is 6.88. The maximum absolute atomic E-state index is 9.63. The molecule has 2 N–H and O–H groups in total. The summed E-state index contributed by atoms with van der Waals surface area (Å²) in [7, 11) is 0. The van der Waals surface area contributed by atoms with Crippen molar-refractivity contribution in [1.29, 1.82) is 5.26 Å². The van der Waals surface area contributed by atoms with Crippen LogP contribution >= 0.6 is 0 Å². The van der Waals surface area contributed by atoms with E-state index in [9.17, 15) is 5.26 Å². The van der Waals surface area contributed by atoms with Gasteiger partial charge in [0.2, 0.25) is 0 Å². The van der Waals surface area contributed by atoms with Gasteiger partial charge in [-0.05, 0) is 30.3 Å². The number of hydrogen-bond acceptors (Lipinski definition) is 7. The highest BCUT2D eigenvalue weighted by Crippen LogP contribution is 2.34.